The molecule has 0 amide bonds. The van der Waals surface area contributed by atoms with Crippen LogP contribution in [-0.2, 0) is 16.1 Å². The Balaban J connectivity index is 2.90. The topological polar surface area (TPSA) is 81.2 Å². The van der Waals surface area contributed by atoms with Crippen LogP contribution in [0.3, 0.4) is 0 Å². The van der Waals surface area contributed by atoms with Crippen LogP contribution >= 0.6 is 0 Å². The van der Waals surface area contributed by atoms with Crippen molar-refractivity contribution < 1.29 is 9.53 Å². The minimum atomic E-state index is -0.390. The molecule has 0 aliphatic heterocycles. The molecule has 0 saturated heterocycles. The van der Waals surface area contributed by atoms with E-state index in [1.807, 2.05) is 0 Å². The summed E-state index contributed by atoms with van der Waals surface area (Å²) < 4.78 is 5.88. The Labute approximate surface area is 98.2 Å². The number of H-pyrrole nitrogens is 1. The normalized spacial score (nSPS) is 10.3. The Morgan fingerprint density at radius 2 is 1.94 bits per heavy atom. The minimum Gasteiger partial charge on any atom is -0.466 e. The minimum absolute atomic E-state index is 0.0617. The summed E-state index contributed by atoms with van der Waals surface area (Å²) in [6.07, 6.45) is 0.0617. The highest BCUT2D eigenvalue weighted by molar-refractivity contribution is 5.69. The fourth-order valence-electron chi connectivity index (χ4n) is 1.38. The third-order valence-corrected chi connectivity index (χ3v) is 2.55. The number of nitrogens with one attached hydrogen (secondary N) is 1. The van der Waals surface area contributed by atoms with Gasteiger partial charge in [-0.2, -0.15) is 0 Å². The maximum Gasteiger partial charge on any atom is 0.307 e. The molecule has 1 aromatic heterocycles. The van der Waals surface area contributed by atoms with E-state index in [0.29, 0.717) is 17.7 Å². The van der Waals surface area contributed by atoms with E-state index in [1.54, 1.807) is 20.8 Å². The van der Waals surface area contributed by atoms with Crippen molar-refractivity contribution in [1.82, 2.24) is 9.78 Å². The van der Waals surface area contributed by atoms with Gasteiger partial charge < -0.3 is 4.74 Å². The summed E-state index contributed by atoms with van der Waals surface area (Å²) in [5.41, 5.74) is 0.206. The van der Waals surface area contributed by atoms with E-state index in [-0.39, 0.29) is 24.1 Å². The molecular formula is C11H16N2O4. The van der Waals surface area contributed by atoms with Gasteiger partial charge in [-0.25, -0.2) is 4.68 Å². The number of carbonyl (C=O) groups is 1. The van der Waals surface area contributed by atoms with E-state index in [4.69, 9.17) is 4.74 Å². The molecule has 17 heavy (non-hydrogen) atoms. The molecule has 0 aliphatic carbocycles. The van der Waals surface area contributed by atoms with Crippen molar-refractivity contribution in [1.29, 1.82) is 0 Å². The van der Waals surface area contributed by atoms with Crippen molar-refractivity contribution in [2.45, 2.75) is 33.7 Å². The molecule has 1 N–H and O–H groups in total. The van der Waals surface area contributed by atoms with Crippen molar-refractivity contribution in [3.05, 3.63) is 31.8 Å². The number of aromatic amines is 1. The molecule has 0 saturated carbocycles. The van der Waals surface area contributed by atoms with Crippen molar-refractivity contribution in [2.75, 3.05) is 6.61 Å². The third-order valence-electron chi connectivity index (χ3n) is 2.55. The number of nitrogens with zero attached hydrogens (tertiary/aromatic N) is 1. The van der Waals surface area contributed by atoms with Gasteiger partial charge in [-0.3, -0.25) is 19.5 Å². The molecule has 0 fully saturated rings. The number of hydrogen-bond acceptors (Lipinski definition) is 4. The monoisotopic (exact) mass is 240 g/mol. The van der Waals surface area contributed by atoms with Gasteiger partial charge >= 0.3 is 5.97 Å². The summed E-state index contributed by atoms with van der Waals surface area (Å²) in [5.74, 6) is -0.390. The second-order valence-electron chi connectivity index (χ2n) is 3.70. The SMILES string of the molecule is CCOC(=O)CCn1[nH]c(=O)c(C)c(C)c1=O. The molecule has 1 heterocycles. The zero-order chi connectivity index (χ0) is 13.0. The van der Waals surface area contributed by atoms with Crippen LogP contribution in [0.1, 0.15) is 24.5 Å². The first-order chi connectivity index (χ1) is 7.97. The summed E-state index contributed by atoms with van der Waals surface area (Å²) in [5, 5.41) is 2.42. The Hall–Kier alpha value is -1.85. The lowest BCUT2D eigenvalue weighted by atomic mass is 10.2. The Bertz CT molecular complexity index is 527. The number of aromatic nitrogens is 2. The molecule has 1 aromatic rings. The zero-order valence-corrected chi connectivity index (χ0v) is 10.2. The summed E-state index contributed by atoms with van der Waals surface area (Å²) >= 11 is 0. The van der Waals surface area contributed by atoms with E-state index in [1.165, 1.54) is 0 Å². The lowest BCUT2D eigenvalue weighted by Crippen LogP contribution is -2.33. The number of esters is 1. The molecule has 0 atom stereocenters. The molecule has 0 spiro atoms. The lowest BCUT2D eigenvalue weighted by molar-refractivity contribution is -0.143. The first-order valence-corrected chi connectivity index (χ1v) is 5.43. The Morgan fingerprint density at radius 3 is 2.53 bits per heavy atom. The van der Waals surface area contributed by atoms with Crippen LogP contribution < -0.4 is 11.1 Å². The van der Waals surface area contributed by atoms with Gasteiger partial charge in [-0.05, 0) is 20.8 Å². The van der Waals surface area contributed by atoms with Gasteiger partial charge in [0.05, 0.1) is 19.6 Å². The number of hydrogen-bond donors (Lipinski definition) is 1. The highest BCUT2D eigenvalue weighted by Gasteiger charge is 2.09. The molecule has 6 nitrogen and oxygen atoms in total. The number of carbonyl (C=O) groups excluding carboxylic acids is 1. The van der Waals surface area contributed by atoms with Crippen molar-refractivity contribution >= 4 is 5.97 Å². The fourth-order valence-corrected chi connectivity index (χ4v) is 1.38. The molecular weight excluding hydrogens is 224 g/mol. The van der Waals surface area contributed by atoms with Gasteiger partial charge in [-0.15, -0.1) is 0 Å². The van der Waals surface area contributed by atoms with Gasteiger partial charge in [0.25, 0.3) is 11.1 Å². The van der Waals surface area contributed by atoms with Crippen LogP contribution in [-0.4, -0.2) is 22.4 Å². The van der Waals surface area contributed by atoms with E-state index in [0.717, 1.165) is 4.68 Å². The average molecular weight is 240 g/mol. The summed E-state index contributed by atoms with van der Waals surface area (Å²) in [4.78, 5) is 34.3. The van der Waals surface area contributed by atoms with Crippen LogP contribution in [0.2, 0.25) is 0 Å². The van der Waals surface area contributed by atoms with Crippen molar-refractivity contribution in [3.8, 4) is 0 Å². The Morgan fingerprint density at radius 1 is 1.29 bits per heavy atom. The van der Waals surface area contributed by atoms with Gasteiger partial charge in [0.1, 0.15) is 0 Å². The van der Waals surface area contributed by atoms with Crippen LogP contribution in [0.4, 0.5) is 0 Å². The highest BCUT2D eigenvalue weighted by atomic mass is 16.5. The van der Waals surface area contributed by atoms with Crippen LogP contribution in [0.5, 0.6) is 0 Å². The predicted octanol–water partition coefficient (Wildman–Crippen LogP) is 0.107. The van der Waals surface area contributed by atoms with Crippen molar-refractivity contribution in [3.63, 3.8) is 0 Å². The molecule has 0 unspecified atom stereocenters. The highest BCUT2D eigenvalue weighted by Crippen LogP contribution is 1.93. The number of aryl methyl sites for hydroxylation is 1. The first-order valence-electron chi connectivity index (χ1n) is 5.43. The smallest absolute Gasteiger partial charge is 0.307 e. The van der Waals surface area contributed by atoms with Gasteiger partial charge in [0, 0.05) is 11.1 Å². The van der Waals surface area contributed by atoms with Crippen LogP contribution in [0.15, 0.2) is 9.59 Å². The maximum absolute atomic E-state index is 11.8. The predicted molar refractivity (Wildman–Crippen MR) is 62.0 cm³/mol. The molecule has 1 rings (SSSR count). The lowest BCUT2D eigenvalue weighted by Gasteiger charge is -2.07. The largest absolute Gasteiger partial charge is 0.466 e. The molecule has 0 radical (unpaired) electrons. The van der Waals surface area contributed by atoms with E-state index in [2.05, 4.69) is 5.10 Å². The number of ether oxygens (including phenoxy) is 1. The second kappa shape index (κ2) is 5.47. The van der Waals surface area contributed by atoms with Crippen LogP contribution in [0.25, 0.3) is 0 Å². The maximum atomic E-state index is 11.8. The van der Waals surface area contributed by atoms with E-state index in [9.17, 15) is 14.4 Å². The van der Waals surface area contributed by atoms with E-state index < -0.39 is 5.97 Å². The average Bonchev–Trinajstić information content (AvgIpc) is 2.30. The number of rotatable bonds is 4. The quantitative estimate of drug-likeness (QED) is 0.757. The standard InChI is InChI=1S/C11H16N2O4/c1-4-17-9(14)5-6-13-11(16)8(3)7(2)10(15)12-13/h4-6H2,1-3H3,(H,12,15). The summed E-state index contributed by atoms with van der Waals surface area (Å²) in [6.45, 7) is 5.31. The van der Waals surface area contributed by atoms with Gasteiger partial charge in [0.2, 0.25) is 0 Å². The third kappa shape index (κ3) is 3.05. The van der Waals surface area contributed by atoms with Gasteiger partial charge in [-0.1, -0.05) is 0 Å². The summed E-state index contributed by atoms with van der Waals surface area (Å²) in [6, 6.07) is 0. The molecule has 0 bridgehead atoms. The molecule has 94 valence electrons. The van der Waals surface area contributed by atoms with E-state index >= 15 is 0 Å². The summed E-state index contributed by atoms with van der Waals surface area (Å²) in [7, 11) is 0. The first kappa shape index (κ1) is 13.2. The van der Waals surface area contributed by atoms with Gasteiger partial charge in [0.15, 0.2) is 0 Å². The molecule has 0 aliphatic rings. The molecule has 6 heteroatoms. The second-order valence-corrected chi connectivity index (χ2v) is 3.70. The molecule has 0 aromatic carbocycles. The zero-order valence-electron chi connectivity index (χ0n) is 10.2. The van der Waals surface area contributed by atoms with Crippen LogP contribution in [0, 0.1) is 13.8 Å². The fraction of sp³-hybridized carbons (Fsp3) is 0.545. The van der Waals surface area contributed by atoms with Crippen molar-refractivity contribution in [2.24, 2.45) is 0 Å². The Kier molecular flexibility index (Phi) is 4.25.